The molecule has 0 saturated heterocycles. The van der Waals surface area contributed by atoms with E-state index < -0.39 is 0 Å². The zero-order chi connectivity index (χ0) is 13.3. The molecule has 0 aromatic carbocycles. The maximum Gasteiger partial charge on any atom is 0.207 e. The third kappa shape index (κ3) is 2.82. The molecule has 0 spiro atoms. The molecule has 0 fully saturated rings. The molecule has 0 radical (unpaired) electrons. The highest BCUT2D eigenvalue weighted by Crippen LogP contribution is 2.34. The Hall–Kier alpha value is -1.13. The van der Waals surface area contributed by atoms with Crippen molar-refractivity contribution in [1.82, 2.24) is 5.06 Å². The Labute approximate surface area is 112 Å². The molecule has 2 rings (SSSR count). The lowest BCUT2D eigenvalue weighted by Gasteiger charge is -2.28. The zero-order valence-electron chi connectivity index (χ0n) is 10.9. The molecule has 1 aliphatic heterocycles. The number of furan rings is 1. The van der Waals surface area contributed by atoms with E-state index in [9.17, 15) is 0 Å². The van der Waals surface area contributed by atoms with Crippen molar-refractivity contribution in [3.63, 3.8) is 0 Å². The van der Waals surface area contributed by atoms with Crippen molar-refractivity contribution in [1.29, 1.82) is 0 Å². The fourth-order valence-corrected chi connectivity index (χ4v) is 2.44. The van der Waals surface area contributed by atoms with Crippen LogP contribution in [0.4, 0.5) is 0 Å². The van der Waals surface area contributed by atoms with Crippen LogP contribution in [0.5, 0.6) is 0 Å². The van der Waals surface area contributed by atoms with Crippen molar-refractivity contribution in [2.75, 3.05) is 0 Å². The van der Waals surface area contributed by atoms with Gasteiger partial charge in [-0.15, -0.1) is 5.06 Å². The molecular weight excluding hydrogens is 252 g/mol. The number of halogens is 1. The molecule has 2 unspecified atom stereocenters. The van der Waals surface area contributed by atoms with Gasteiger partial charge >= 0.3 is 0 Å². The van der Waals surface area contributed by atoms with Crippen molar-refractivity contribution in [2.24, 2.45) is 11.7 Å². The van der Waals surface area contributed by atoms with Gasteiger partial charge in [0.1, 0.15) is 11.8 Å². The molecule has 1 aromatic rings. The van der Waals surface area contributed by atoms with Crippen LogP contribution in [0.15, 0.2) is 28.5 Å². The summed E-state index contributed by atoms with van der Waals surface area (Å²) in [4.78, 5) is 5.57. The van der Waals surface area contributed by atoms with Crippen LogP contribution in [-0.2, 0) is 4.84 Å². The lowest BCUT2D eigenvalue weighted by Crippen LogP contribution is -2.33. The molecule has 2 N–H and O–H groups in total. The summed E-state index contributed by atoms with van der Waals surface area (Å²) in [6, 6.07) is 3.72. The predicted octanol–water partition coefficient (Wildman–Crippen LogP) is 3.46. The highest BCUT2D eigenvalue weighted by molar-refractivity contribution is 6.28. The van der Waals surface area contributed by atoms with Crippen LogP contribution in [0.25, 0.3) is 0 Å². The predicted molar refractivity (Wildman–Crippen MR) is 70.6 cm³/mol. The van der Waals surface area contributed by atoms with Crippen LogP contribution in [0.1, 0.15) is 39.0 Å². The fraction of sp³-hybridized carbons (Fsp3) is 0.538. The topological polar surface area (TPSA) is 51.6 Å². The quantitative estimate of drug-likeness (QED) is 0.910. The van der Waals surface area contributed by atoms with Crippen molar-refractivity contribution < 1.29 is 9.25 Å². The molecule has 1 aliphatic rings. The monoisotopic (exact) mass is 270 g/mol. The zero-order valence-corrected chi connectivity index (χ0v) is 11.6. The Bertz CT molecular complexity index is 442. The lowest BCUT2D eigenvalue weighted by molar-refractivity contribution is -0.154. The molecule has 0 aliphatic carbocycles. The first-order chi connectivity index (χ1) is 8.47. The van der Waals surface area contributed by atoms with Gasteiger partial charge in [-0.05, 0) is 43.0 Å². The van der Waals surface area contributed by atoms with Gasteiger partial charge in [-0.1, -0.05) is 13.8 Å². The van der Waals surface area contributed by atoms with E-state index in [0.717, 1.165) is 12.2 Å². The molecule has 2 atom stereocenters. The Morgan fingerprint density at radius 3 is 2.67 bits per heavy atom. The standard InChI is InChI=1S/C13H19ClN2O2/c1-8(2)6-9(3)16-10(7-13(15)18-16)11-4-5-12(14)17-11/h4-5,7-10H,6,15H2,1-3H3. The summed E-state index contributed by atoms with van der Waals surface area (Å²) >= 11 is 5.81. The second-order valence-electron chi connectivity index (χ2n) is 5.09. The van der Waals surface area contributed by atoms with Crippen molar-refractivity contribution in [3.8, 4) is 0 Å². The highest BCUT2D eigenvalue weighted by atomic mass is 35.5. The number of rotatable bonds is 4. The lowest BCUT2D eigenvalue weighted by atomic mass is 10.0. The first kappa shape index (κ1) is 13.3. The molecule has 18 heavy (non-hydrogen) atoms. The molecule has 1 aromatic heterocycles. The second kappa shape index (κ2) is 5.24. The van der Waals surface area contributed by atoms with Crippen LogP contribution >= 0.6 is 11.6 Å². The van der Waals surface area contributed by atoms with Gasteiger partial charge in [0.2, 0.25) is 5.88 Å². The van der Waals surface area contributed by atoms with Gasteiger partial charge in [-0.25, -0.2) is 0 Å². The SMILES string of the molecule is CC(C)CC(C)N1OC(N)=CC1c1ccc(Cl)o1. The molecular formula is C13H19ClN2O2. The van der Waals surface area contributed by atoms with Gasteiger partial charge in [0.15, 0.2) is 5.22 Å². The normalized spacial score (nSPS) is 22.1. The molecule has 5 heteroatoms. The molecule has 0 bridgehead atoms. The molecule has 0 saturated carbocycles. The third-order valence-corrected chi connectivity index (χ3v) is 3.14. The van der Waals surface area contributed by atoms with Gasteiger partial charge in [0, 0.05) is 12.1 Å². The third-order valence-electron chi connectivity index (χ3n) is 2.94. The van der Waals surface area contributed by atoms with E-state index in [0.29, 0.717) is 17.0 Å². The van der Waals surface area contributed by atoms with Crippen molar-refractivity contribution in [2.45, 2.75) is 39.3 Å². The first-order valence-corrected chi connectivity index (χ1v) is 6.54. The van der Waals surface area contributed by atoms with Gasteiger partial charge < -0.3 is 15.0 Å². The van der Waals surface area contributed by atoms with Crippen LogP contribution < -0.4 is 5.73 Å². The van der Waals surface area contributed by atoms with Crippen molar-refractivity contribution in [3.05, 3.63) is 35.1 Å². The summed E-state index contributed by atoms with van der Waals surface area (Å²) in [7, 11) is 0. The summed E-state index contributed by atoms with van der Waals surface area (Å²) in [5, 5.41) is 2.24. The van der Waals surface area contributed by atoms with E-state index in [1.54, 1.807) is 6.07 Å². The summed E-state index contributed by atoms with van der Waals surface area (Å²) in [5.41, 5.74) is 5.75. The number of hydroxylamine groups is 2. The Morgan fingerprint density at radius 2 is 2.11 bits per heavy atom. The number of hydrogen-bond donors (Lipinski definition) is 1. The minimum absolute atomic E-state index is 0.105. The van der Waals surface area contributed by atoms with E-state index in [1.807, 2.05) is 17.2 Å². The van der Waals surface area contributed by atoms with Gasteiger partial charge in [-0.2, -0.15) is 0 Å². The van der Waals surface area contributed by atoms with E-state index >= 15 is 0 Å². The summed E-state index contributed by atoms with van der Waals surface area (Å²) in [5.74, 6) is 1.74. The van der Waals surface area contributed by atoms with Crippen LogP contribution in [0.3, 0.4) is 0 Å². The average molecular weight is 271 g/mol. The average Bonchev–Trinajstić information content (AvgIpc) is 2.83. The van der Waals surface area contributed by atoms with Crippen molar-refractivity contribution >= 4 is 11.6 Å². The van der Waals surface area contributed by atoms with Crippen LogP contribution in [0, 0.1) is 5.92 Å². The highest BCUT2D eigenvalue weighted by Gasteiger charge is 2.33. The van der Waals surface area contributed by atoms with E-state index in [1.165, 1.54) is 0 Å². The number of nitrogens with two attached hydrogens (primary N) is 1. The molecule has 2 heterocycles. The summed E-state index contributed by atoms with van der Waals surface area (Å²) < 4.78 is 5.44. The molecule has 0 amide bonds. The van der Waals surface area contributed by atoms with E-state index in [2.05, 4.69) is 20.8 Å². The van der Waals surface area contributed by atoms with E-state index in [-0.39, 0.29) is 12.1 Å². The minimum Gasteiger partial charge on any atom is -0.448 e. The number of nitrogens with zero attached hydrogens (tertiary/aromatic N) is 1. The number of hydrogen-bond acceptors (Lipinski definition) is 4. The maximum atomic E-state index is 5.81. The van der Waals surface area contributed by atoms with E-state index in [4.69, 9.17) is 26.6 Å². The van der Waals surface area contributed by atoms with Gasteiger partial charge in [-0.3, -0.25) is 0 Å². The summed E-state index contributed by atoms with van der Waals surface area (Å²) in [6.07, 6.45) is 2.86. The van der Waals surface area contributed by atoms with Crippen LogP contribution in [-0.4, -0.2) is 11.1 Å². The van der Waals surface area contributed by atoms with Crippen LogP contribution in [0.2, 0.25) is 5.22 Å². The fourth-order valence-electron chi connectivity index (χ4n) is 2.28. The first-order valence-electron chi connectivity index (χ1n) is 6.16. The van der Waals surface area contributed by atoms with Gasteiger partial charge in [0.05, 0.1) is 0 Å². The van der Waals surface area contributed by atoms with Gasteiger partial charge in [0.25, 0.3) is 0 Å². The smallest absolute Gasteiger partial charge is 0.207 e. The Morgan fingerprint density at radius 1 is 1.39 bits per heavy atom. The second-order valence-corrected chi connectivity index (χ2v) is 5.46. The Balaban J connectivity index is 2.16. The Kier molecular flexibility index (Phi) is 3.88. The summed E-state index contributed by atoms with van der Waals surface area (Å²) in [6.45, 7) is 6.48. The molecule has 100 valence electrons. The minimum atomic E-state index is -0.105. The largest absolute Gasteiger partial charge is 0.448 e. The molecule has 4 nitrogen and oxygen atoms in total. The maximum absolute atomic E-state index is 5.81.